The van der Waals surface area contributed by atoms with Crippen molar-refractivity contribution < 1.29 is 4.74 Å². The molecular weight excluding hydrogens is 276 g/mol. The first kappa shape index (κ1) is 14.2. The number of ether oxygens (including phenoxy) is 1. The van der Waals surface area contributed by atoms with Gasteiger partial charge in [0.25, 0.3) is 0 Å². The van der Waals surface area contributed by atoms with Gasteiger partial charge in [0.2, 0.25) is 11.8 Å². The fraction of sp³-hybridized carbons (Fsp3) is 0.294. The summed E-state index contributed by atoms with van der Waals surface area (Å²) in [5, 5.41) is 16.8. The minimum Gasteiger partial charge on any atom is -0.420 e. The van der Waals surface area contributed by atoms with Gasteiger partial charge in [-0.2, -0.15) is 5.26 Å². The Morgan fingerprint density at radius 2 is 2.09 bits per heavy atom. The number of H-pyrrole nitrogens is 1. The van der Waals surface area contributed by atoms with Crippen LogP contribution in [0.15, 0.2) is 35.7 Å². The highest BCUT2D eigenvalue weighted by Crippen LogP contribution is 2.45. The first-order chi connectivity index (χ1) is 10.5. The molecule has 0 radical (unpaired) electrons. The molecule has 1 atom stereocenters. The van der Waals surface area contributed by atoms with Crippen molar-refractivity contribution in [2.75, 3.05) is 0 Å². The Balaban J connectivity index is 2.29. The second-order valence-corrected chi connectivity index (χ2v) is 5.79. The molecule has 5 heteroatoms. The van der Waals surface area contributed by atoms with Crippen LogP contribution in [0.2, 0.25) is 0 Å². The van der Waals surface area contributed by atoms with E-state index in [0.717, 1.165) is 22.4 Å². The molecule has 0 aliphatic carbocycles. The monoisotopic (exact) mass is 294 g/mol. The molecule has 0 saturated heterocycles. The van der Waals surface area contributed by atoms with Gasteiger partial charge in [0.1, 0.15) is 11.6 Å². The summed E-state index contributed by atoms with van der Waals surface area (Å²) < 4.78 is 5.55. The van der Waals surface area contributed by atoms with Crippen molar-refractivity contribution in [1.82, 2.24) is 10.2 Å². The number of nitrogens with zero attached hydrogens (tertiary/aromatic N) is 2. The van der Waals surface area contributed by atoms with E-state index in [1.165, 1.54) is 0 Å². The average molecular weight is 294 g/mol. The van der Waals surface area contributed by atoms with Gasteiger partial charge in [-0.25, -0.2) is 0 Å². The molecule has 2 heterocycles. The summed E-state index contributed by atoms with van der Waals surface area (Å²) in [6, 6.07) is 10.2. The molecule has 0 fully saturated rings. The molecule has 2 aromatic rings. The fourth-order valence-corrected chi connectivity index (χ4v) is 2.93. The number of fused-ring (bicyclic) bond motifs is 1. The van der Waals surface area contributed by atoms with Gasteiger partial charge >= 0.3 is 0 Å². The molecule has 1 aliphatic rings. The number of nitrogens with two attached hydrogens (primary N) is 1. The molecule has 3 N–H and O–H groups in total. The number of rotatable bonds is 2. The average Bonchev–Trinajstić information content (AvgIpc) is 2.90. The number of allylic oxidation sites excluding steroid dienone is 1. The van der Waals surface area contributed by atoms with Gasteiger partial charge < -0.3 is 10.5 Å². The SMILES string of the molecule is Cc1ccccc1C1C(C#N)=C(N)Oc2n[nH]c(C(C)C)c21. The lowest BCUT2D eigenvalue weighted by atomic mass is 9.81. The second kappa shape index (κ2) is 5.23. The van der Waals surface area contributed by atoms with Crippen molar-refractivity contribution >= 4 is 0 Å². The zero-order valence-electron chi connectivity index (χ0n) is 12.8. The molecule has 0 amide bonds. The summed E-state index contributed by atoms with van der Waals surface area (Å²) in [6.07, 6.45) is 0. The van der Waals surface area contributed by atoms with E-state index < -0.39 is 0 Å². The van der Waals surface area contributed by atoms with Crippen LogP contribution in [0, 0.1) is 18.3 Å². The number of hydrogen-bond acceptors (Lipinski definition) is 4. The zero-order valence-corrected chi connectivity index (χ0v) is 12.8. The molecule has 3 rings (SSSR count). The third-order valence-electron chi connectivity index (χ3n) is 4.05. The lowest BCUT2D eigenvalue weighted by molar-refractivity contribution is 0.378. The van der Waals surface area contributed by atoms with Gasteiger partial charge in [-0.05, 0) is 24.0 Å². The zero-order chi connectivity index (χ0) is 15.9. The molecular formula is C17H18N4O. The topological polar surface area (TPSA) is 87.7 Å². The molecule has 1 aromatic heterocycles. The number of benzene rings is 1. The molecule has 0 saturated carbocycles. The highest BCUT2D eigenvalue weighted by atomic mass is 16.5. The molecule has 0 bridgehead atoms. The lowest BCUT2D eigenvalue weighted by Crippen LogP contribution is -2.22. The van der Waals surface area contributed by atoms with E-state index in [2.05, 4.69) is 30.1 Å². The second-order valence-electron chi connectivity index (χ2n) is 5.79. The minimum atomic E-state index is -0.244. The maximum atomic E-state index is 9.58. The summed E-state index contributed by atoms with van der Waals surface area (Å²) in [4.78, 5) is 0. The van der Waals surface area contributed by atoms with Crippen molar-refractivity contribution in [3.05, 3.63) is 58.1 Å². The van der Waals surface area contributed by atoms with E-state index in [9.17, 15) is 5.26 Å². The Kier molecular flexibility index (Phi) is 3.38. The van der Waals surface area contributed by atoms with Crippen molar-refractivity contribution in [1.29, 1.82) is 5.26 Å². The molecule has 112 valence electrons. The van der Waals surface area contributed by atoms with Crippen LogP contribution in [0.1, 0.15) is 48.1 Å². The highest BCUT2D eigenvalue weighted by Gasteiger charge is 2.36. The standard InChI is InChI=1S/C17H18N4O/c1-9(2)15-14-13(11-7-5-4-6-10(11)3)12(8-18)16(19)22-17(14)21-20-15/h4-7,9,13H,19H2,1-3H3,(H,20,21). The number of aromatic amines is 1. The van der Waals surface area contributed by atoms with Crippen molar-refractivity contribution in [3.8, 4) is 11.9 Å². The summed E-state index contributed by atoms with van der Waals surface area (Å²) in [6.45, 7) is 6.19. The predicted octanol–water partition coefficient (Wildman–Crippen LogP) is 3.06. The summed E-state index contributed by atoms with van der Waals surface area (Å²) in [5.41, 5.74) is 10.4. The van der Waals surface area contributed by atoms with Crippen LogP contribution in [0.4, 0.5) is 0 Å². The number of nitrogens with one attached hydrogen (secondary N) is 1. The number of hydrogen-bond donors (Lipinski definition) is 2. The maximum absolute atomic E-state index is 9.58. The van der Waals surface area contributed by atoms with Crippen LogP contribution < -0.4 is 10.5 Å². The largest absolute Gasteiger partial charge is 0.420 e. The van der Waals surface area contributed by atoms with Crippen molar-refractivity contribution in [3.63, 3.8) is 0 Å². The molecule has 22 heavy (non-hydrogen) atoms. The van der Waals surface area contributed by atoms with Gasteiger partial charge in [-0.15, -0.1) is 5.10 Å². The number of aryl methyl sites for hydroxylation is 1. The summed E-state index contributed by atoms with van der Waals surface area (Å²) >= 11 is 0. The van der Waals surface area contributed by atoms with Crippen LogP contribution in [0.5, 0.6) is 5.88 Å². The molecule has 0 spiro atoms. The maximum Gasteiger partial charge on any atom is 0.244 e. The van der Waals surface area contributed by atoms with Crippen LogP contribution in [0.3, 0.4) is 0 Å². The highest BCUT2D eigenvalue weighted by molar-refractivity contribution is 5.56. The quantitative estimate of drug-likeness (QED) is 0.891. The van der Waals surface area contributed by atoms with Crippen LogP contribution in [-0.2, 0) is 0 Å². The van der Waals surface area contributed by atoms with Gasteiger partial charge in [0.15, 0.2) is 0 Å². The fourth-order valence-electron chi connectivity index (χ4n) is 2.93. The Labute approximate surface area is 129 Å². The van der Waals surface area contributed by atoms with Gasteiger partial charge in [0, 0.05) is 5.69 Å². The van der Waals surface area contributed by atoms with E-state index in [1.54, 1.807) is 0 Å². The normalized spacial score (nSPS) is 17.1. The number of nitriles is 1. The molecule has 5 nitrogen and oxygen atoms in total. The summed E-state index contributed by atoms with van der Waals surface area (Å²) in [5.74, 6) is 0.593. The van der Waals surface area contributed by atoms with Gasteiger partial charge in [-0.3, -0.25) is 5.10 Å². The smallest absolute Gasteiger partial charge is 0.244 e. The van der Waals surface area contributed by atoms with Gasteiger partial charge in [-0.1, -0.05) is 38.1 Å². The lowest BCUT2D eigenvalue weighted by Gasteiger charge is -2.25. The molecule has 1 aliphatic heterocycles. The summed E-state index contributed by atoms with van der Waals surface area (Å²) in [7, 11) is 0. The first-order valence-electron chi connectivity index (χ1n) is 7.25. The van der Waals surface area contributed by atoms with E-state index in [-0.39, 0.29) is 17.7 Å². The van der Waals surface area contributed by atoms with Crippen LogP contribution >= 0.6 is 0 Å². The molecule has 1 aromatic carbocycles. The van der Waals surface area contributed by atoms with Crippen LogP contribution in [0.25, 0.3) is 0 Å². The Morgan fingerprint density at radius 1 is 1.36 bits per heavy atom. The van der Waals surface area contributed by atoms with E-state index in [4.69, 9.17) is 10.5 Å². The Morgan fingerprint density at radius 3 is 2.73 bits per heavy atom. The number of aromatic nitrogens is 2. The van der Waals surface area contributed by atoms with Crippen LogP contribution in [-0.4, -0.2) is 10.2 Å². The van der Waals surface area contributed by atoms with E-state index in [0.29, 0.717) is 11.5 Å². The third-order valence-corrected chi connectivity index (χ3v) is 4.05. The minimum absolute atomic E-state index is 0.130. The predicted molar refractivity (Wildman–Crippen MR) is 83.2 cm³/mol. The van der Waals surface area contributed by atoms with E-state index in [1.807, 2.05) is 31.2 Å². The van der Waals surface area contributed by atoms with Crippen molar-refractivity contribution in [2.45, 2.75) is 32.6 Å². The van der Waals surface area contributed by atoms with Gasteiger partial charge in [0.05, 0.1) is 11.5 Å². The first-order valence-corrected chi connectivity index (χ1v) is 7.25. The Hall–Kier alpha value is -2.74. The molecule has 1 unspecified atom stereocenters. The van der Waals surface area contributed by atoms with Crippen molar-refractivity contribution in [2.24, 2.45) is 5.73 Å². The third kappa shape index (κ3) is 2.04. The Bertz CT molecular complexity index is 795. The van der Waals surface area contributed by atoms with E-state index >= 15 is 0 Å².